The number of benzene rings is 3. The van der Waals surface area contributed by atoms with Crippen LogP contribution < -0.4 is 21.5 Å². The monoisotopic (exact) mass is 640 g/mol. The number of aromatic nitrogens is 1. The number of halogens is 1. The maximum Gasteiger partial charge on any atom is 0.360 e. The highest BCUT2D eigenvalue weighted by Crippen LogP contribution is 2.32. The number of nitrogens with zero attached hydrogens (tertiary/aromatic N) is 5. The molecule has 1 aromatic heterocycles. The molecule has 46 heavy (non-hydrogen) atoms. The zero-order chi connectivity index (χ0) is 32.8. The third kappa shape index (κ3) is 7.10. The van der Waals surface area contributed by atoms with Crippen molar-refractivity contribution < 1.29 is 19.1 Å². The van der Waals surface area contributed by atoms with Crippen LogP contribution in [0.4, 0.5) is 17.1 Å². The minimum Gasteiger partial charge on any atom is -0.378 e. The van der Waals surface area contributed by atoms with Gasteiger partial charge >= 0.3 is 5.91 Å². The predicted molar refractivity (Wildman–Crippen MR) is 174 cm³/mol. The van der Waals surface area contributed by atoms with Gasteiger partial charge in [-0.2, -0.15) is 0 Å². The second-order valence-corrected chi connectivity index (χ2v) is 11.0. The van der Waals surface area contributed by atoms with E-state index in [1.54, 1.807) is 84.9 Å². The van der Waals surface area contributed by atoms with Crippen molar-refractivity contribution in [3.05, 3.63) is 112 Å². The highest BCUT2D eigenvalue weighted by molar-refractivity contribution is 6.31. The second kappa shape index (κ2) is 14.1. The second-order valence-electron chi connectivity index (χ2n) is 10.6. The maximum atomic E-state index is 13.3. The van der Waals surface area contributed by atoms with Crippen molar-refractivity contribution in [2.45, 2.75) is 12.3 Å². The first kappa shape index (κ1) is 32.0. The molecule has 5 rings (SSSR count). The van der Waals surface area contributed by atoms with Gasteiger partial charge < -0.3 is 25.3 Å². The van der Waals surface area contributed by atoms with E-state index in [4.69, 9.17) is 22.1 Å². The van der Waals surface area contributed by atoms with Gasteiger partial charge in [0.2, 0.25) is 15.9 Å². The average Bonchev–Trinajstić information content (AvgIpc) is 3.07. The summed E-state index contributed by atoms with van der Waals surface area (Å²) in [6.07, 6.45) is 1.69. The van der Waals surface area contributed by atoms with Crippen LogP contribution in [0.3, 0.4) is 0 Å². The van der Waals surface area contributed by atoms with Crippen molar-refractivity contribution in [2.75, 3.05) is 31.6 Å². The van der Waals surface area contributed by atoms with Crippen molar-refractivity contribution in [2.24, 2.45) is 23.0 Å². The lowest BCUT2D eigenvalue weighted by molar-refractivity contribution is -0.117. The molecule has 1 saturated heterocycles. The largest absolute Gasteiger partial charge is 0.378 e. The van der Waals surface area contributed by atoms with E-state index < -0.39 is 17.2 Å². The number of aryl methyl sites for hydroxylation is 1. The number of primary amides is 1. The van der Waals surface area contributed by atoms with Crippen molar-refractivity contribution in [1.82, 2.24) is 14.4 Å². The van der Waals surface area contributed by atoms with Gasteiger partial charge in [-0.1, -0.05) is 30.3 Å². The molecule has 3 aromatic carbocycles. The van der Waals surface area contributed by atoms with Gasteiger partial charge in [0.25, 0.3) is 11.5 Å². The molecule has 1 aliphatic heterocycles. The average molecular weight is 641 g/mol. The smallest absolute Gasteiger partial charge is 0.360 e. The Morgan fingerprint density at radius 3 is 2.48 bits per heavy atom. The van der Waals surface area contributed by atoms with E-state index in [1.165, 1.54) is 4.57 Å². The Bertz CT molecular complexity index is 1930. The fourth-order valence-corrected chi connectivity index (χ4v) is 5.21. The number of pyridine rings is 1. The van der Waals surface area contributed by atoms with Crippen LogP contribution in [0, 0.1) is 6.92 Å². The van der Waals surface area contributed by atoms with Gasteiger partial charge in [0.15, 0.2) is 10.8 Å². The van der Waals surface area contributed by atoms with Crippen molar-refractivity contribution in [3.8, 4) is 11.1 Å². The Morgan fingerprint density at radius 1 is 1.02 bits per heavy atom. The zero-order valence-electron chi connectivity index (χ0n) is 25.1. The topological polar surface area (TPSA) is 163 Å². The minimum atomic E-state index is -1.27. The Morgan fingerprint density at radius 2 is 1.76 bits per heavy atom. The predicted octanol–water partition coefficient (Wildman–Crippen LogP) is 4.79. The number of rotatable bonds is 8. The molecule has 3 N–H and O–H groups in total. The fourth-order valence-electron chi connectivity index (χ4n) is 5.03. The molecule has 1 atom stereocenters. The summed E-state index contributed by atoms with van der Waals surface area (Å²) in [5, 5.41) is 9.68. The molecular formula is C33H31ClN7O5+. The SMILES string of the molecule is Cc1c(N=[N+]=NC(=O)c2ccccc2)cccc1-c1cc(Nc2ccc(C(=O)N3CCOCC3)c(C(Cl)C(N)=O)c2)c(=O)n(C)c1. The van der Waals surface area contributed by atoms with Crippen LogP contribution in [0.1, 0.15) is 37.2 Å². The number of anilines is 2. The molecule has 4 aromatic rings. The lowest BCUT2D eigenvalue weighted by Gasteiger charge is -2.28. The molecule has 1 fully saturated rings. The third-order valence-electron chi connectivity index (χ3n) is 7.49. The summed E-state index contributed by atoms with van der Waals surface area (Å²) in [6.45, 7) is 3.49. The van der Waals surface area contributed by atoms with Gasteiger partial charge in [-0.25, -0.2) is 0 Å². The Balaban J connectivity index is 1.46. The van der Waals surface area contributed by atoms with Gasteiger partial charge in [-0.3, -0.25) is 19.2 Å². The zero-order valence-corrected chi connectivity index (χ0v) is 25.9. The summed E-state index contributed by atoms with van der Waals surface area (Å²) in [5.74, 6) is -1.61. The number of morpholine rings is 1. The molecule has 234 valence electrons. The van der Waals surface area contributed by atoms with Gasteiger partial charge in [-0.15, -0.1) is 11.6 Å². The molecule has 1 unspecified atom stereocenters. The van der Waals surface area contributed by atoms with Crippen LogP contribution >= 0.6 is 11.6 Å². The van der Waals surface area contributed by atoms with Crippen LogP contribution in [0.15, 0.2) is 94.0 Å². The molecule has 0 radical (unpaired) electrons. The number of hydrogen-bond donors (Lipinski definition) is 2. The van der Waals surface area contributed by atoms with Crippen LogP contribution in [0.25, 0.3) is 11.1 Å². The Kier molecular flexibility index (Phi) is 9.82. The highest BCUT2D eigenvalue weighted by Gasteiger charge is 2.26. The maximum absolute atomic E-state index is 13.3. The van der Waals surface area contributed by atoms with Gasteiger partial charge in [0.05, 0.1) is 13.2 Å². The van der Waals surface area contributed by atoms with E-state index in [0.29, 0.717) is 48.8 Å². The summed E-state index contributed by atoms with van der Waals surface area (Å²) in [5.41, 5.74) is 9.45. The van der Waals surface area contributed by atoms with E-state index in [1.807, 2.05) is 13.0 Å². The standard InChI is InChI=1S/C33H30ClN7O5/c1-20-24(9-6-10-27(20)37-39-38-31(43)21-7-4-3-5-8-21)22-17-28(33(45)40(2)19-22)36-23-11-12-25(26(18-23)29(34)30(35)42)32(44)41-13-15-46-16-14-41/h3-12,17-19,29H,13-16H2,1-2H3,(H2-,35,36,42,44)/p+1. The van der Waals surface area contributed by atoms with Crippen LogP contribution in [0.5, 0.6) is 0 Å². The molecule has 13 heteroatoms. The number of ether oxygens (including phenoxy) is 1. The molecule has 2 heterocycles. The van der Waals surface area contributed by atoms with Crippen LogP contribution in [-0.2, 0) is 16.6 Å². The molecule has 0 spiro atoms. The number of carbonyl (C=O) groups excluding carboxylic acids is 3. The number of amides is 3. The Hall–Kier alpha value is -5.42. The van der Waals surface area contributed by atoms with Crippen molar-refractivity contribution in [1.29, 1.82) is 0 Å². The van der Waals surface area contributed by atoms with Gasteiger partial charge in [0.1, 0.15) is 11.1 Å². The van der Waals surface area contributed by atoms with E-state index >= 15 is 0 Å². The molecule has 0 aliphatic carbocycles. The summed E-state index contributed by atoms with van der Waals surface area (Å²) in [6, 6.07) is 20.4. The summed E-state index contributed by atoms with van der Waals surface area (Å²) >= 11 is 6.38. The summed E-state index contributed by atoms with van der Waals surface area (Å²) in [7, 11) is 1.63. The van der Waals surface area contributed by atoms with E-state index in [-0.39, 0.29) is 28.3 Å². The highest BCUT2D eigenvalue weighted by atomic mass is 35.5. The lowest BCUT2D eigenvalue weighted by atomic mass is 10.00. The fraction of sp³-hybridized carbons (Fsp3) is 0.212. The first-order valence-electron chi connectivity index (χ1n) is 14.4. The number of carbonyl (C=O) groups is 3. The van der Waals surface area contributed by atoms with Crippen LogP contribution in [0.2, 0.25) is 0 Å². The van der Waals surface area contributed by atoms with Crippen LogP contribution in [-0.4, -0.2) is 53.5 Å². The third-order valence-corrected chi connectivity index (χ3v) is 7.94. The van der Waals surface area contributed by atoms with Crippen molar-refractivity contribution >= 4 is 46.4 Å². The Labute approximate surface area is 269 Å². The molecule has 3 amide bonds. The normalized spacial score (nSPS) is 13.3. The first-order valence-corrected chi connectivity index (χ1v) is 14.8. The molecule has 0 saturated carbocycles. The minimum absolute atomic E-state index is 0.230. The lowest BCUT2D eigenvalue weighted by Crippen LogP contribution is -2.41. The molecule has 1 aliphatic rings. The van der Waals surface area contributed by atoms with E-state index in [9.17, 15) is 19.2 Å². The number of hydrogen-bond acceptors (Lipinski definition) is 7. The quantitative estimate of drug-likeness (QED) is 0.160. The number of nitrogens with two attached hydrogens (primary N) is 1. The number of alkyl halides is 1. The molecule has 0 bridgehead atoms. The number of nitrogens with one attached hydrogen (secondary N) is 1. The van der Waals surface area contributed by atoms with E-state index in [0.717, 1.165) is 11.1 Å². The summed E-state index contributed by atoms with van der Waals surface area (Å²) in [4.78, 5) is 56.2. The molecular weight excluding hydrogens is 610 g/mol. The van der Waals surface area contributed by atoms with Gasteiger partial charge in [-0.05, 0) is 66.1 Å². The molecule has 12 nitrogen and oxygen atoms in total. The van der Waals surface area contributed by atoms with E-state index in [2.05, 4.69) is 20.5 Å². The van der Waals surface area contributed by atoms with Gasteiger partial charge in [0, 0.05) is 48.7 Å². The first-order chi connectivity index (χ1) is 22.1. The summed E-state index contributed by atoms with van der Waals surface area (Å²) < 4.78 is 6.78. The van der Waals surface area contributed by atoms with Crippen molar-refractivity contribution in [3.63, 3.8) is 0 Å².